The van der Waals surface area contributed by atoms with Crippen LogP contribution in [-0.4, -0.2) is 36.0 Å². The minimum absolute atomic E-state index is 0.246. The van der Waals surface area contributed by atoms with Crippen LogP contribution in [0.15, 0.2) is 12.1 Å². The van der Waals surface area contributed by atoms with E-state index in [9.17, 15) is 0 Å². The number of rotatable bonds is 4. The fourth-order valence-electron chi connectivity index (χ4n) is 2.88. The molecule has 19 heavy (non-hydrogen) atoms. The lowest BCUT2D eigenvalue weighted by Gasteiger charge is -2.24. The Balaban J connectivity index is 1.76. The van der Waals surface area contributed by atoms with E-state index in [0.717, 1.165) is 48.0 Å². The van der Waals surface area contributed by atoms with Gasteiger partial charge < -0.3 is 14.6 Å². The molecular formula is C14H18ClNO3. The van der Waals surface area contributed by atoms with Crippen LogP contribution >= 0.6 is 11.6 Å². The van der Waals surface area contributed by atoms with Gasteiger partial charge in [0.1, 0.15) is 0 Å². The lowest BCUT2D eigenvalue weighted by molar-refractivity contribution is 0.173. The van der Waals surface area contributed by atoms with Crippen LogP contribution in [0.2, 0.25) is 5.02 Å². The smallest absolute Gasteiger partial charge is 0.231 e. The van der Waals surface area contributed by atoms with E-state index in [2.05, 4.69) is 4.90 Å². The highest BCUT2D eigenvalue weighted by molar-refractivity contribution is 6.31. The van der Waals surface area contributed by atoms with Gasteiger partial charge in [-0.05, 0) is 37.4 Å². The van der Waals surface area contributed by atoms with Gasteiger partial charge in [0.05, 0.1) is 0 Å². The topological polar surface area (TPSA) is 41.9 Å². The number of hydrogen-bond donors (Lipinski definition) is 1. The number of hydrogen-bond acceptors (Lipinski definition) is 4. The molecule has 0 unspecified atom stereocenters. The molecule has 2 aliphatic heterocycles. The summed E-state index contributed by atoms with van der Waals surface area (Å²) in [5.74, 6) is 1.50. The maximum atomic E-state index is 9.10. The Bertz CT molecular complexity index is 466. The lowest BCUT2D eigenvalue weighted by atomic mass is 10.1. The molecule has 0 aliphatic carbocycles. The summed E-state index contributed by atoms with van der Waals surface area (Å²) < 4.78 is 10.7. The molecule has 0 bridgehead atoms. The van der Waals surface area contributed by atoms with E-state index in [1.54, 1.807) is 0 Å². The first-order valence-electron chi connectivity index (χ1n) is 6.71. The minimum Gasteiger partial charge on any atom is -0.454 e. The van der Waals surface area contributed by atoms with E-state index in [-0.39, 0.29) is 13.4 Å². The number of ether oxygens (including phenoxy) is 2. The average molecular weight is 284 g/mol. The highest BCUT2D eigenvalue weighted by Gasteiger charge is 2.25. The van der Waals surface area contributed by atoms with Crippen molar-refractivity contribution in [2.45, 2.75) is 31.8 Å². The van der Waals surface area contributed by atoms with Crippen molar-refractivity contribution in [1.29, 1.82) is 0 Å². The molecule has 5 heteroatoms. The van der Waals surface area contributed by atoms with Crippen LogP contribution in [0.4, 0.5) is 0 Å². The first kappa shape index (κ1) is 13.0. The predicted octanol–water partition coefficient (Wildman–Crippen LogP) is 2.42. The van der Waals surface area contributed by atoms with Gasteiger partial charge in [-0.25, -0.2) is 0 Å². The van der Waals surface area contributed by atoms with Gasteiger partial charge in [0, 0.05) is 30.3 Å². The largest absolute Gasteiger partial charge is 0.454 e. The number of aliphatic hydroxyl groups is 1. The van der Waals surface area contributed by atoms with Gasteiger partial charge in [0.15, 0.2) is 11.5 Å². The van der Waals surface area contributed by atoms with Crippen molar-refractivity contribution in [3.63, 3.8) is 0 Å². The van der Waals surface area contributed by atoms with Crippen LogP contribution in [0, 0.1) is 0 Å². The summed E-state index contributed by atoms with van der Waals surface area (Å²) in [6.07, 6.45) is 3.18. The van der Waals surface area contributed by atoms with E-state index in [1.807, 2.05) is 12.1 Å². The fourth-order valence-corrected chi connectivity index (χ4v) is 3.09. The molecule has 0 amide bonds. The molecule has 1 fully saturated rings. The maximum Gasteiger partial charge on any atom is 0.231 e. The Morgan fingerprint density at radius 2 is 2.11 bits per heavy atom. The van der Waals surface area contributed by atoms with Crippen LogP contribution in [0.3, 0.4) is 0 Å². The number of benzene rings is 1. The van der Waals surface area contributed by atoms with Crippen LogP contribution in [0.25, 0.3) is 0 Å². The second-order valence-corrected chi connectivity index (χ2v) is 5.48. The third-order valence-electron chi connectivity index (χ3n) is 3.88. The number of nitrogens with zero attached hydrogens (tertiary/aromatic N) is 1. The van der Waals surface area contributed by atoms with Gasteiger partial charge in [0.2, 0.25) is 6.79 Å². The van der Waals surface area contributed by atoms with Crippen molar-refractivity contribution < 1.29 is 14.6 Å². The van der Waals surface area contributed by atoms with Gasteiger partial charge >= 0.3 is 0 Å². The molecule has 1 aromatic carbocycles. The molecule has 2 aliphatic rings. The number of likely N-dealkylation sites (tertiary alicyclic amines) is 1. The Hall–Kier alpha value is -0.970. The van der Waals surface area contributed by atoms with Crippen molar-refractivity contribution in [1.82, 2.24) is 4.90 Å². The fraction of sp³-hybridized carbons (Fsp3) is 0.571. The summed E-state index contributed by atoms with van der Waals surface area (Å²) in [4.78, 5) is 2.39. The Labute approximate surface area is 117 Å². The molecule has 0 radical (unpaired) electrons. The van der Waals surface area contributed by atoms with E-state index in [0.29, 0.717) is 6.04 Å². The number of halogens is 1. The summed E-state index contributed by atoms with van der Waals surface area (Å²) in [7, 11) is 0. The molecule has 2 heterocycles. The third kappa shape index (κ3) is 2.66. The zero-order valence-electron chi connectivity index (χ0n) is 10.8. The Morgan fingerprint density at radius 3 is 2.89 bits per heavy atom. The molecule has 1 atom stereocenters. The zero-order valence-corrected chi connectivity index (χ0v) is 11.5. The van der Waals surface area contributed by atoms with Crippen molar-refractivity contribution in [2.75, 3.05) is 19.9 Å². The first-order valence-corrected chi connectivity index (χ1v) is 7.08. The summed E-state index contributed by atoms with van der Waals surface area (Å²) in [6, 6.07) is 4.27. The zero-order chi connectivity index (χ0) is 13.2. The lowest BCUT2D eigenvalue weighted by Crippen LogP contribution is -2.29. The summed E-state index contributed by atoms with van der Waals surface area (Å²) in [6.45, 7) is 2.39. The van der Waals surface area contributed by atoms with Crippen molar-refractivity contribution >= 4 is 11.6 Å². The van der Waals surface area contributed by atoms with Crippen molar-refractivity contribution in [3.05, 3.63) is 22.7 Å². The molecule has 4 nitrogen and oxygen atoms in total. The highest BCUT2D eigenvalue weighted by Crippen LogP contribution is 2.37. The van der Waals surface area contributed by atoms with E-state index >= 15 is 0 Å². The van der Waals surface area contributed by atoms with Gasteiger partial charge in [-0.2, -0.15) is 0 Å². The van der Waals surface area contributed by atoms with Crippen molar-refractivity contribution in [3.8, 4) is 11.5 Å². The van der Waals surface area contributed by atoms with Gasteiger partial charge in [-0.15, -0.1) is 0 Å². The van der Waals surface area contributed by atoms with Crippen molar-refractivity contribution in [2.24, 2.45) is 0 Å². The summed E-state index contributed by atoms with van der Waals surface area (Å²) >= 11 is 6.30. The molecule has 1 N–H and O–H groups in total. The summed E-state index contributed by atoms with van der Waals surface area (Å²) in [5, 5.41) is 9.82. The first-order chi connectivity index (χ1) is 9.28. The quantitative estimate of drug-likeness (QED) is 0.921. The highest BCUT2D eigenvalue weighted by atomic mass is 35.5. The van der Waals surface area contributed by atoms with Gasteiger partial charge in [-0.3, -0.25) is 4.90 Å². The van der Waals surface area contributed by atoms with Crippen LogP contribution in [0.5, 0.6) is 11.5 Å². The average Bonchev–Trinajstić information content (AvgIpc) is 3.00. The molecule has 0 saturated carbocycles. The van der Waals surface area contributed by atoms with Crippen LogP contribution < -0.4 is 9.47 Å². The van der Waals surface area contributed by atoms with Gasteiger partial charge in [-0.1, -0.05) is 11.6 Å². The molecule has 1 saturated heterocycles. The molecule has 104 valence electrons. The number of fused-ring (bicyclic) bond motifs is 1. The second kappa shape index (κ2) is 5.57. The van der Waals surface area contributed by atoms with Crippen LogP contribution in [0.1, 0.15) is 24.8 Å². The Morgan fingerprint density at radius 1 is 1.32 bits per heavy atom. The standard InChI is InChI=1S/C14H18ClNO3/c15-12-7-14-13(18-9-19-14)6-10(12)8-16-4-1-2-11(16)3-5-17/h6-7,11,17H,1-5,8-9H2/t11-/m0/s1. The molecule has 0 aromatic heterocycles. The molecular weight excluding hydrogens is 266 g/mol. The van der Waals surface area contributed by atoms with Gasteiger partial charge in [0.25, 0.3) is 0 Å². The third-order valence-corrected chi connectivity index (χ3v) is 4.23. The second-order valence-electron chi connectivity index (χ2n) is 5.08. The molecule has 0 spiro atoms. The minimum atomic E-state index is 0.246. The molecule has 3 rings (SSSR count). The number of aliphatic hydroxyl groups excluding tert-OH is 1. The Kier molecular flexibility index (Phi) is 3.82. The monoisotopic (exact) mass is 283 g/mol. The van der Waals surface area contributed by atoms with E-state index in [4.69, 9.17) is 26.2 Å². The van der Waals surface area contributed by atoms with E-state index < -0.39 is 0 Å². The van der Waals surface area contributed by atoms with E-state index in [1.165, 1.54) is 6.42 Å². The predicted molar refractivity (Wildman–Crippen MR) is 72.7 cm³/mol. The normalized spacial score (nSPS) is 22.1. The molecule has 1 aromatic rings. The SMILES string of the molecule is OCC[C@@H]1CCCN1Cc1cc2c(cc1Cl)OCO2. The van der Waals surface area contributed by atoms with Crippen LogP contribution in [-0.2, 0) is 6.54 Å². The summed E-state index contributed by atoms with van der Waals surface area (Å²) in [5.41, 5.74) is 1.07. The maximum absolute atomic E-state index is 9.10.